The molecule has 1 fully saturated rings. The van der Waals surface area contributed by atoms with Crippen LogP contribution in [0.3, 0.4) is 0 Å². The Labute approximate surface area is 174 Å². The van der Waals surface area contributed by atoms with E-state index >= 15 is 0 Å². The number of hydrogen-bond donors (Lipinski definition) is 1. The second-order valence-electron chi connectivity index (χ2n) is 7.62. The van der Waals surface area contributed by atoms with Crippen molar-refractivity contribution in [3.8, 4) is 11.6 Å². The molecular formula is C21H25FN4O4. The molecular weight excluding hydrogens is 391 g/mol. The van der Waals surface area contributed by atoms with Crippen molar-refractivity contribution in [3.63, 3.8) is 0 Å². The molecule has 2 unspecified atom stereocenters. The van der Waals surface area contributed by atoms with Crippen molar-refractivity contribution in [1.82, 2.24) is 14.9 Å². The Hall–Kier alpha value is -2.94. The van der Waals surface area contributed by atoms with Gasteiger partial charge in [-0.2, -0.15) is 0 Å². The number of aliphatic hydroxyl groups is 1. The van der Waals surface area contributed by atoms with E-state index in [0.29, 0.717) is 41.7 Å². The third-order valence-corrected chi connectivity index (χ3v) is 5.71. The fraction of sp³-hybridized carbons (Fsp3) is 0.476. The summed E-state index contributed by atoms with van der Waals surface area (Å²) in [5, 5.41) is 9.68. The smallest absolute Gasteiger partial charge is 0.256 e. The van der Waals surface area contributed by atoms with Gasteiger partial charge in [0, 0.05) is 26.1 Å². The molecule has 8 nitrogen and oxygen atoms in total. The topological polar surface area (TPSA) is 88.0 Å². The van der Waals surface area contributed by atoms with Crippen LogP contribution < -0.4 is 14.4 Å². The lowest BCUT2D eigenvalue weighted by molar-refractivity contribution is 0.0714. The maximum absolute atomic E-state index is 14.9. The Bertz CT molecular complexity index is 939. The molecule has 0 saturated carbocycles. The number of amides is 1. The minimum Gasteiger partial charge on any atom is -0.486 e. The minimum absolute atomic E-state index is 0.133. The molecule has 3 atom stereocenters. The highest BCUT2D eigenvalue weighted by Gasteiger charge is 2.38. The average molecular weight is 416 g/mol. The van der Waals surface area contributed by atoms with Crippen molar-refractivity contribution in [2.24, 2.45) is 0 Å². The summed E-state index contributed by atoms with van der Waals surface area (Å²) in [5.41, 5.74) is 1.85. The van der Waals surface area contributed by atoms with Crippen molar-refractivity contribution < 1.29 is 23.8 Å². The van der Waals surface area contributed by atoms with Crippen LogP contribution in [0.1, 0.15) is 34.1 Å². The number of nitrogens with zero attached hydrogens (tertiary/aromatic N) is 4. The van der Waals surface area contributed by atoms with Crippen molar-refractivity contribution >= 4 is 11.7 Å². The van der Waals surface area contributed by atoms with Gasteiger partial charge in [0.2, 0.25) is 5.88 Å². The number of anilines is 1. The number of hydrogen-bond acceptors (Lipinski definition) is 7. The molecule has 0 spiro atoms. The number of alkyl halides is 1. The summed E-state index contributed by atoms with van der Waals surface area (Å²) >= 11 is 0. The van der Waals surface area contributed by atoms with Crippen molar-refractivity contribution in [2.45, 2.75) is 31.7 Å². The second-order valence-corrected chi connectivity index (χ2v) is 7.62. The van der Waals surface area contributed by atoms with Gasteiger partial charge in [0.05, 0.1) is 43.8 Å². The molecule has 2 aromatic rings. The zero-order chi connectivity index (χ0) is 21.4. The van der Waals surface area contributed by atoms with Crippen LogP contribution in [0.4, 0.5) is 10.2 Å². The number of piperidine rings is 1. The average Bonchev–Trinajstić information content (AvgIpc) is 2.98. The summed E-state index contributed by atoms with van der Waals surface area (Å²) in [6.45, 7) is 2.35. The number of carbonyl (C=O) groups is 1. The predicted molar refractivity (Wildman–Crippen MR) is 108 cm³/mol. The predicted octanol–water partition coefficient (Wildman–Crippen LogP) is 1.91. The van der Waals surface area contributed by atoms with Gasteiger partial charge in [-0.15, -0.1) is 0 Å². The molecule has 9 heteroatoms. The number of ether oxygens (including phenoxy) is 2. The fourth-order valence-electron chi connectivity index (χ4n) is 4.03. The summed E-state index contributed by atoms with van der Waals surface area (Å²) in [4.78, 5) is 24.5. The summed E-state index contributed by atoms with van der Waals surface area (Å²) in [5.74, 6) is 1.45. The van der Waals surface area contributed by atoms with Crippen LogP contribution in [0, 0.1) is 6.92 Å². The lowest BCUT2D eigenvalue weighted by atomic mass is 10.0. The van der Waals surface area contributed by atoms with Gasteiger partial charge in [0.15, 0.2) is 6.17 Å². The highest BCUT2D eigenvalue weighted by molar-refractivity contribution is 5.99. The Kier molecular flexibility index (Phi) is 5.46. The molecule has 160 valence electrons. The first-order chi connectivity index (χ1) is 14.4. The Morgan fingerprint density at radius 1 is 1.37 bits per heavy atom. The molecule has 0 radical (unpaired) electrons. The van der Waals surface area contributed by atoms with Gasteiger partial charge < -0.3 is 24.4 Å². The highest BCUT2D eigenvalue weighted by Crippen LogP contribution is 2.35. The summed E-state index contributed by atoms with van der Waals surface area (Å²) in [7, 11) is 3.18. The Morgan fingerprint density at radius 3 is 2.80 bits per heavy atom. The van der Waals surface area contributed by atoms with E-state index in [0.717, 1.165) is 5.56 Å². The van der Waals surface area contributed by atoms with E-state index in [-0.39, 0.29) is 19.1 Å². The SMILES string of the molecule is COc1ccc(OC2CCN(c3nc4c(cc3C)C(=O)N(C)C4CO)C[C@H]2F)cn1. The normalized spacial score (nSPS) is 23.5. The van der Waals surface area contributed by atoms with Gasteiger partial charge in [-0.3, -0.25) is 4.79 Å². The van der Waals surface area contributed by atoms with E-state index in [1.165, 1.54) is 18.2 Å². The molecule has 0 bridgehead atoms. The number of carbonyl (C=O) groups excluding carboxylic acids is 1. The van der Waals surface area contributed by atoms with Crippen molar-refractivity contribution in [2.75, 3.05) is 38.8 Å². The number of rotatable bonds is 5. The van der Waals surface area contributed by atoms with Crippen LogP contribution in [0.2, 0.25) is 0 Å². The molecule has 2 aliphatic rings. The standard InChI is InChI=1S/C21H25FN4O4/c1-12-8-14-19(16(11-27)25(2)21(14)28)24-20(12)26-7-6-17(15(22)10-26)30-13-4-5-18(29-3)23-9-13/h4-5,8-9,15-17,27H,6-7,10-11H2,1-3H3/t15-,16?,17?/m1/s1. The van der Waals surface area contributed by atoms with Crippen LogP contribution >= 0.6 is 0 Å². The second kappa shape index (κ2) is 8.06. The molecule has 2 aliphatic heterocycles. The number of aryl methyl sites for hydroxylation is 1. The third kappa shape index (κ3) is 3.54. The third-order valence-electron chi connectivity index (χ3n) is 5.71. The van der Waals surface area contributed by atoms with Gasteiger partial charge in [0.25, 0.3) is 5.91 Å². The fourth-order valence-corrected chi connectivity index (χ4v) is 4.03. The first-order valence-electron chi connectivity index (χ1n) is 9.88. The van der Waals surface area contributed by atoms with E-state index in [1.807, 2.05) is 11.8 Å². The zero-order valence-electron chi connectivity index (χ0n) is 17.2. The molecule has 30 heavy (non-hydrogen) atoms. The van der Waals surface area contributed by atoms with Crippen LogP contribution in [0.5, 0.6) is 11.6 Å². The molecule has 4 rings (SSSR count). The van der Waals surface area contributed by atoms with E-state index in [4.69, 9.17) is 9.47 Å². The molecule has 4 heterocycles. The monoisotopic (exact) mass is 416 g/mol. The van der Waals surface area contributed by atoms with E-state index in [9.17, 15) is 14.3 Å². The lowest BCUT2D eigenvalue weighted by Gasteiger charge is -2.36. The molecule has 1 amide bonds. The first-order valence-corrected chi connectivity index (χ1v) is 9.88. The van der Waals surface area contributed by atoms with Gasteiger partial charge in [-0.25, -0.2) is 14.4 Å². The maximum Gasteiger partial charge on any atom is 0.256 e. The Morgan fingerprint density at radius 2 is 2.17 bits per heavy atom. The number of methoxy groups -OCH3 is 1. The minimum atomic E-state index is -1.21. The molecule has 1 saturated heterocycles. The summed E-state index contributed by atoms with van der Waals surface area (Å²) in [6.07, 6.45) is 0.206. The van der Waals surface area contributed by atoms with Gasteiger partial charge >= 0.3 is 0 Å². The van der Waals surface area contributed by atoms with Crippen LogP contribution in [-0.4, -0.2) is 72.0 Å². The van der Waals surface area contributed by atoms with Gasteiger partial charge in [-0.1, -0.05) is 0 Å². The quantitative estimate of drug-likeness (QED) is 0.797. The van der Waals surface area contributed by atoms with Crippen LogP contribution in [0.25, 0.3) is 0 Å². The number of halogens is 1. The van der Waals surface area contributed by atoms with Gasteiger partial charge in [-0.05, 0) is 24.6 Å². The Balaban J connectivity index is 1.49. The van der Waals surface area contributed by atoms with Crippen LogP contribution in [0.15, 0.2) is 24.4 Å². The molecule has 0 aromatic carbocycles. The first kappa shape index (κ1) is 20.3. The highest BCUT2D eigenvalue weighted by atomic mass is 19.1. The largest absolute Gasteiger partial charge is 0.486 e. The number of pyridine rings is 2. The van der Waals surface area contributed by atoms with Gasteiger partial charge in [0.1, 0.15) is 17.7 Å². The van der Waals surface area contributed by atoms with E-state index in [2.05, 4.69) is 9.97 Å². The van der Waals surface area contributed by atoms with E-state index in [1.54, 1.807) is 25.2 Å². The molecule has 0 aliphatic carbocycles. The summed E-state index contributed by atoms with van der Waals surface area (Å²) < 4.78 is 25.8. The van der Waals surface area contributed by atoms with Crippen LogP contribution in [-0.2, 0) is 0 Å². The molecule has 1 N–H and O–H groups in total. The number of fused-ring (bicyclic) bond motifs is 1. The van der Waals surface area contributed by atoms with Crippen molar-refractivity contribution in [3.05, 3.63) is 41.2 Å². The number of likely N-dealkylation sites (N-methyl/N-ethyl adjacent to an activating group) is 1. The lowest BCUT2D eigenvalue weighted by Crippen LogP contribution is -2.47. The van der Waals surface area contributed by atoms with E-state index < -0.39 is 18.3 Å². The van der Waals surface area contributed by atoms with Crippen molar-refractivity contribution in [1.29, 1.82) is 0 Å². The summed E-state index contributed by atoms with van der Waals surface area (Å²) in [6, 6.07) is 4.69. The molecule has 2 aromatic heterocycles. The number of aliphatic hydroxyl groups excluding tert-OH is 1. The number of aromatic nitrogens is 2. The zero-order valence-corrected chi connectivity index (χ0v) is 17.2. The maximum atomic E-state index is 14.9.